The van der Waals surface area contributed by atoms with E-state index in [0.717, 1.165) is 33.3 Å². The van der Waals surface area contributed by atoms with Gasteiger partial charge in [-0.1, -0.05) is 50.9 Å². The zero-order valence-corrected chi connectivity index (χ0v) is 14.5. The van der Waals surface area contributed by atoms with Crippen molar-refractivity contribution in [1.29, 1.82) is 0 Å². The summed E-state index contributed by atoms with van der Waals surface area (Å²) in [6, 6.07) is 14.3. The molecule has 0 radical (unpaired) electrons. The van der Waals surface area contributed by atoms with Gasteiger partial charge < -0.3 is 10.1 Å². The largest absolute Gasteiger partial charge is 0.489 e. The predicted molar refractivity (Wildman–Crippen MR) is 90.0 cm³/mol. The van der Waals surface area contributed by atoms with Gasteiger partial charge in [-0.3, -0.25) is 0 Å². The van der Waals surface area contributed by atoms with Crippen LogP contribution in [0.4, 0.5) is 0 Å². The van der Waals surface area contributed by atoms with Gasteiger partial charge in [-0.25, -0.2) is 0 Å². The van der Waals surface area contributed by atoms with Gasteiger partial charge in [0.05, 0.1) is 0 Å². The first-order chi connectivity index (χ1) is 9.69. The Labute approximate surface area is 136 Å². The maximum atomic E-state index is 5.94. The first-order valence-electron chi connectivity index (χ1n) is 6.55. The summed E-state index contributed by atoms with van der Waals surface area (Å²) in [5.74, 6) is 0.928. The molecule has 2 nitrogen and oxygen atoms in total. The molecule has 2 rings (SSSR count). The highest BCUT2D eigenvalue weighted by atomic mass is 79.9. The molecule has 0 aliphatic carbocycles. The lowest BCUT2D eigenvalue weighted by atomic mass is 10.2. The fourth-order valence-corrected chi connectivity index (χ4v) is 2.50. The quantitative estimate of drug-likeness (QED) is 0.747. The Kier molecular flexibility index (Phi) is 6.07. The third-order valence-electron chi connectivity index (χ3n) is 2.90. The van der Waals surface area contributed by atoms with Crippen molar-refractivity contribution in [2.45, 2.75) is 20.1 Å². The Morgan fingerprint density at radius 2 is 1.70 bits per heavy atom. The zero-order valence-electron chi connectivity index (χ0n) is 11.3. The molecule has 0 unspecified atom stereocenters. The molecule has 4 heteroatoms. The van der Waals surface area contributed by atoms with Gasteiger partial charge in [0, 0.05) is 21.1 Å². The Bertz CT molecular complexity index is 555. The summed E-state index contributed by atoms with van der Waals surface area (Å²) in [5, 5.41) is 3.33. The van der Waals surface area contributed by atoms with Crippen molar-refractivity contribution < 1.29 is 4.74 Å². The van der Waals surface area contributed by atoms with Gasteiger partial charge in [0.25, 0.3) is 0 Å². The molecule has 0 saturated carbocycles. The molecule has 2 aromatic rings. The molecular weight excluding hydrogens is 382 g/mol. The van der Waals surface area contributed by atoms with Crippen molar-refractivity contribution in [2.75, 3.05) is 6.54 Å². The molecule has 0 spiro atoms. The SMILES string of the molecule is CCNCc1cc(Br)ccc1OCc1ccc(Br)cc1. The number of halogens is 2. The van der Waals surface area contributed by atoms with Crippen LogP contribution in [0.3, 0.4) is 0 Å². The molecule has 0 saturated heterocycles. The van der Waals surface area contributed by atoms with Crippen molar-refractivity contribution in [3.8, 4) is 5.75 Å². The van der Waals surface area contributed by atoms with Gasteiger partial charge in [-0.15, -0.1) is 0 Å². The van der Waals surface area contributed by atoms with Crippen molar-refractivity contribution in [3.05, 3.63) is 62.5 Å². The molecule has 0 fully saturated rings. The zero-order chi connectivity index (χ0) is 14.4. The van der Waals surface area contributed by atoms with Crippen molar-refractivity contribution >= 4 is 31.9 Å². The van der Waals surface area contributed by atoms with Gasteiger partial charge in [0.15, 0.2) is 0 Å². The van der Waals surface area contributed by atoms with Gasteiger partial charge in [-0.2, -0.15) is 0 Å². The van der Waals surface area contributed by atoms with E-state index < -0.39 is 0 Å². The maximum Gasteiger partial charge on any atom is 0.124 e. The Balaban J connectivity index is 2.06. The van der Waals surface area contributed by atoms with E-state index in [1.165, 1.54) is 5.56 Å². The lowest BCUT2D eigenvalue weighted by Crippen LogP contribution is -2.13. The van der Waals surface area contributed by atoms with E-state index in [9.17, 15) is 0 Å². The molecule has 0 amide bonds. The summed E-state index contributed by atoms with van der Waals surface area (Å²) in [5.41, 5.74) is 2.32. The van der Waals surface area contributed by atoms with Crippen molar-refractivity contribution in [2.24, 2.45) is 0 Å². The van der Waals surface area contributed by atoms with Crippen molar-refractivity contribution in [1.82, 2.24) is 5.32 Å². The number of hydrogen-bond donors (Lipinski definition) is 1. The van der Waals surface area contributed by atoms with E-state index in [0.29, 0.717) is 6.61 Å². The molecule has 0 atom stereocenters. The summed E-state index contributed by atoms with van der Waals surface area (Å²) in [4.78, 5) is 0. The van der Waals surface area contributed by atoms with Crippen LogP contribution in [-0.2, 0) is 13.2 Å². The fraction of sp³-hybridized carbons (Fsp3) is 0.250. The third-order valence-corrected chi connectivity index (χ3v) is 3.92. The van der Waals surface area contributed by atoms with Gasteiger partial charge in [0.1, 0.15) is 12.4 Å². The number of ether oxygens (including phenoxy) is 1. The minimum atomic E-state index is 0.577. The first-order valence-corrected chi connectivity index (χ1v) is 8.14. The lowest BCUT2D eigenvalue weighted by Gasteiger charge is -2.12. The summed E-state index contributed by atoms with van der Waals surface area (Å²) in [6.45, 7) is 4.43. The van der Waals surface area contributed by atoms with Gasteiger partial charge in [-0.05, 0) is 42.4 Å². The Morgan fingerprint density at radius 3 is 2.40 bits per heavy atom. The van der Waals surface area contributed by atoms with Crippen LogP contribution in [0, 0.1) is 0 Å². The van der Waals surface area contributed by atoms with E-state index in [2.05, 4.69) is 62.3 Å². The van der Waals surface area contributed by atoms with Crippen LogP contribution in [0.2, 0.25) is 0 Å². The van der Waals surface area contributed by atoms with Crippen molar-refractivity contribution in [3.63, 3.8) is 0 Å². The molecule has 0 aliphatic rings. The molecule has 1 N–H and O–H groups in total. The number of nitrogens with one attached hydrogen (secondary N) is 1. The second kappa shape index (κ2) is 7.81. The minimum Gasteiger partial charge on any atom is -0.489 e. The third kappa shape index (κ3) is 4.62. The second-order valence-electron chi connectivity index (χ2n) is 4.45. The normalized spacial score (nSPS) is 10.6. The standard InChI is InChI=1S/C16H17Br2NO/c1-2-19-10-13-9-15(18)7-8-16(13)20-11-12-3-5-14(17)6-4-12/h3-9,19H,2,10-11H2,1H3. The van der Waals surface area contributed by atoms with Crippen LogP contribution < -0.4 is 10.1 Å². The fourth-order valence-electron chi connectivity index (χ4n) is 1.83. The van der Waals surface area contributed by atoms with E-state index in [-0.39, 0.29) is 0 Å². The van der Waals surface area contributed by atoms with E-state index in [1.54, 1.807) is 0 Å². The molecule has 106 valence electrons. The predicted octanol–water partition coefficient (Wildman–Crippen LogP) is 4.90. The molecule has 0 aliphatic heterocycles. The molecule has 20 heavy (non-hydrogen) atoms. The van der Waals surface area contributed by atoms with Crippen LogP contribution in [0.5, 0.6) is 5.75 Å². The molecule has 0 heterocycles. The molecule has 0 bridgehead atoms. The number of rotatable bonds is 6. The summed E-state index contributed by atoms with van der Waals surface area (Å²) in [7, 11) is 0. The van der Waals surface area contributed by atoms with E-state index >= 15 is 0 Å². The molecular formula is C16H17Br2NO. The average Bonchev–Trinajstić information content (AvgIpc) is 2.46. The number of benzene rings is 2. The highest BCUT2D eigenvalue weighted by Crippen LogP contribution is 2.24. The van der Waals surface area contributed by atoms with Crippen LogP contribution >= 0.6 is 31.9 Å². The second-order valence-corrected chi connectivity index (χ2v) is 6.28. The monoisotopic (exact) mass is 397 g/mol. The smallest absolute Gasteiger partial charge is 0.124 e. The minimum absolute atomic E-state index is 0.577. The molecule has 2 aromatic carbocycles. The summed E-state index contributed by atoms with van der Waals surface area (Å²) < 4.78 is 8.09. The molecule has 0 aromatic heterocycles. The van der Waals surface area contributed by atoms with Gasteiger partial charge in [0.2, 0.25) is 0 Å². The Hall–Kier alpha value is -0.840. The topological polar surface area (TPSA) is 21.3 Å². The lowest BCUT2D eigenvalue weighted by molar-refractivity contribution is 0.302. The van der Waals surface area contributed by atoms with Crippen LogP contribution in [0.25, 0.3) is 0 Å². The van der Waals surface area contributed by atoms with E-state index in [4.69, 9.17) is 4.74 Å². The van der Waals surface area contributed by atoms with Gasteiger partial charge >= 0.3 is 0 Å². The maximum absolute atomic E-state index is 5.94. The first kappa shape index (κ1) is 15.5. The summed E-state index contributed by atoms with van der Waals surface area (Å²) >= 11 is 6.94. The summed E-state index contributed by atoms with van der Waals surface area (Å²) in [6.07, 6.45) is 0. The Morgan fingerprint density at radius 1 is 1.00 bits per heavy atom. The van der Waals surface area contributed by atoms with E-state index in [1.807, 2.05) is 24.3 Å². The highest BCUT2D eigenvalue weighted by molar-refractivity contribution is 9.10. The highest BCUT2D eigenvalue weighted by Gasteiger charge is 2.05. The average molecular weight is 399 g/mol. The number of hydrogen-bond acceptors (Lipinski definition) is 2. The van der Waals surface area contributed by atoms with Crippen LogP contribution in [0.15, 0.2) is 51.4 Å². The van der Waals surface area contributed by atoms with Crippen LogP contribution in [0.1, 0.15) is 18.1 Å². The van der Waals surface area contributed by atoms with Crippen LogP contribution in [-0.4, -0.2) is 6.54 Å².